The van der Waals surface area contributed by atoms with Crippen LogP contribution in [0.25, 0.3) is 10.8 Å². The van der Waals surface area contributed by atoms with Gasteiger partial charge in [0.25, 0.3) is 0 Å². The minimum absolute atomic E-state index is 0.0470. The molecule has 3 N–H and O–H groups in total. The first kappa shape index (κ1) is 25.6. The number of carboxylic acids is 1. The molecule has 4 atom stereocenters. The minimum Gasteiger partial charge on any atom is -0.508 e. The average molecular weight is 537 g/mol. The maximum absolute atomic E-state index is 14.2. The van der Waals surface area contributed by atoms with E-state index >= 15 is 0 Å². The van der Waals surface area contributed by atoms with Crippen molar-refractivity contribution in [3.8, 4) is 11.5 Å². The van der Waals surface area contributed by atoms with Gasteiger partial charge in [0.2, 0.25) is 11.8 Å². The van der Waals surface area contributed by atoms with Crippen molar-refractivity contribution in [2.75, 3.05) is 12.0 Å². The van der Waals surface area contributed by atoms with Gasteiger partial charge in [-0.3, -0.25) is 19.7 Å². The summed E-state index contributed by atoms with van der Waals surface area (Å²) in [7, 11) is 1.58. The Bertz CT molecular complexity index is 1670. The molecule has 4 unspecified atom stereocenters. The Balaban J connectivity index is 1.56. The molecule has 4 aromatic carbocycles. The number of amides is 2. The fourth-order valence-electron chi connectivity index (χ4n) is 6.44. The number of phenols is 1. The van der Waals surface area contributed by atoms with Crippen LogP contribution in [0.4, 0.5) is 5.69 Å². The first-order valence-corrected chi connectivity index (χ1v) is 13.0. The third kappa shape index (κ3) is 3.75. The molecule has 40 heavy (non-hydrogen) atoms. The minimum atomic E-state index is -1.78. The van der Waals surface area contributed by atoms with E-state index in [2.05, 4.69) is 5.32 Å². The molecule has 2 aliphatic heterocycles. The van der Waals surface area contributed by atoms with E-state index in [4.69, 9.17) is 4.74 Å². The van der Waals surface area contributed by atoms with Crippen LogP contribution in [-0.4, -0.2) is 40.6 Å². The number of carboxylic acid groups (broad SMARTS) is 1. The lowest BCUT2D eigenvalue weighted by atomic mass is 9.76. The number of aromatic hydroxyl groups is 1. The summed E-state index contributed by atoms with van der Waals surface area (Å²) in [4.78, 5) is 42.8. The fourth-order valence-corrected chi connectivity index (χ4v) is 6.44. The van der Waals surface area contributed by atoms with Crippen LogP contribution in [0, 0.1) is 18.8 Å². The van der Waals surface area contributed by atoms with Gasteiger partial charge in [-0.1, -0.05) is 60.7 Å². The Morgan fingerprint density at radius 3 is 2.27 bits per heavy atom. The smallest absolute Gasteiger partial charge is 0.325 e. The Labute approximate surface area is 230 Å². The number of imide groups is 1. The van der Waals surface area contributed by atoms with Gasteiger partial charge in [-0.15, -0.1) is 0 Å². The van der Waals surface area contributed by atoms with E-state index in [0.717, 1.165) is 16.3 Å². The zero-order valence-corrected chi connectivity index (χ0v) is 22.0. The summed E-state index contributed by atoms with van der Waals surface area (Å²) >= 11 is 0. The molecule has 0 saturated carbocycles. The van der Waals surface area contributed by atoms with Gasteiger partial charge in [0.05, 0.1) is 24.6 Å². The number of nitrogens with zero attached hydrogens (tertiary/aromatic N) is 1. The molecular weight excluding hydrogens is 508 g/mol. The summed E-state index contributed by atoms with van der Waals surface area (Å²) in [5.74, 6) is -3.63. The quantitative estimate of drug-likeness (QED) is 0.313. The van der Waals surface area contributed by atoms with Gasteiger partial charge in [0.1, 0.15) is 17.0 Å². The van der Waals surface area contributed by atoms with Gasteiger partial charge in [-0.25, -0.2) is 4.90 Å². The number of anilines is 1. The molecule has 0 radical (unpaired) electrons. The van der Waals surface area contributed by atoms with Crippen LogP contribution in [-0.2, 0) is 20.8 Å². The Morgan fingerprint density at radius 2 is 1.60 bits per heavy atom. The summed E-state index contributed by atoms with van der Waals surface area (Å²) in [6, 6.07) is 23.8. The van der Waals surface area contributed by atoms with E-state index in [9.17, 15) is 24.6 Å². The number of ether oxygens (including phenoxy) is 1. The monoisotopic (exact) mass is 536 g/mol. The largest absolute Gasteiger partial charge is 0.508 e. The molecule has 2 amide bonds. The third-order valence-electron chi connectivity index (χ3n) is 8.28. The molecule has 2 fully saturated rings. The molecule has 8 nitrogen and oxygen atoms in total. The van der Waals surface area contributed by atoms with Crippen molar-refractivity contribution in [1.29, 1.82) is 0 Å². The first-order chi connectivity index (χ1) is 19.3. The standard InChI is InChI=1S/C32H28N2O6/c1-18-7-3-6-10-24(18)34-29(36)26-27(30(34)37)32(31(38)39,17-19-11-13-20(35)14-12-19)33-28(26)23-15-16-25(40-2)22-9-5-4-8-21(22)23/h3-16,26-28,33,35H,17H2,1-2H3,(H,38,39). The zero-order valence-electron chi connectivity index (χ0n) is 22.0. The summed E-state index contributed by atoms with van der Waals surface area (Å²) < 4.78 is 5.56. The molecule has 2 saturated heterocycles. The molecule has 0 aliphatic carbocycles. The molecule has 0 bridgehead atoms. The number of para-hydroxylation sites is 1. The number of nitrogens with one attached hydrogen (secondary N) is 1. The van der Waals surface area contributed by atoms with E-state index in [1.807, 2.05) is 49.4 Å². The van der Waals surface area contributed by atoms with E-state index in [1.165, 1.54) is 17.0 Å². The van der Waals surface area contributed by atoms with Crippen molar-refractivity contribution in [2.45, 2.75) is 24.9 Å². The summed E-state index contributed by atoms with van der Waals surface area (Å²) in [5.41, 5.74) is 0.740. The number of rotatable bonds is 6. The second-order valence-corrected chi connectivity index (χ2v) is 10.4. The normalized spacial score (nSPS) is 23.9. The van der Waals surface area contributed by atoms with Crippen molar-refractivity contribution in [1.82, 2.24) is 5.32 Å². The van der Waals surface area contributed by atoms with Crippen LogP contribution in [0.2, 0.25) is 0 Å². The number of aliphatic carboxylic acids is 1. The van der Waals surface area contributed by atoms with Crippen molar-refractivity contribution >= 4 is 34.2 Å². The van der Waals surface area contributed by atoms with Crippen LogP contribution < -0.4 is 15.0 Å². The van der Waals surface area contributed by atoms with Crippen LogP contribution in [0.5, 0.6) is 11.5 Å². The number of benzene rings is 4. The highest BCUT2D eigenvalue weighted by Gasteiger charge is 2.68. The summed E-state index contributed by atoms with van der Waals surface area (Å²) in [6.45, 7) is 1.82. The molecule has 8 heteroatoms. The number of carbonyl (C=O) groups is 3. The van der Waals surface area contributed by atoms with E-state index in [0.29, 0.717) is 22.6 Å². The predicted molar refractivity (Wildman–Crippen MR) is 149 cm³/mol. The Hall–Kier alpha value is -4.69. The topological polar surface area (TPSA) is 116 Å². The lowest BCUT2D eigenvalue weighted by molar-refractivity contribution is -0.148. The Morgan fingerprint density at radius 1 is 0.925 bits per heavy atom. The Kier molecular flexibility index (Phi) is 6.07. The average Bonchev–Trinajstić information content (AvgIpc) is 3.43. The number of carbonyl (C=O) groups excluding carboxylic acids is 2. The van der Waals surface area contributed by atoms with E-state index < -0.39 is 41.2 Å². The van der Waals surface area contributed by atoms with Crippen LogP contribution >= 0.6 is 0 Å². The van der Waals surface area contributed by atoms with Crippen LogP contribution in [0.15, 0.2) is 84.9 Å². The highest BCUT2D eigenvalue weighted by molar-refractivity contribution is 6.24. The molecule has 2 heterocycles. The summed E-state index contributed by atoms with van der Waals surface area (Å²) in [6.07, 6.45) is -0.0605. The number of methoxy groups -OCH3 is 1. The SMILES string of the molecule is COc1ccc(C2NC(Cc3ccc(O)cc3)(C(=O)O)C3C(=O)N(c4ccccc4C)C(=O)C23)c2ccccc12. The number of aryl methyl sites for hydroxylation is 1. The van der Waals surface area contributed by atoms with Gasteiger partial charge in [-0.05, 0) is 53.3 Å². The maximum Gasteiger partial charge on any atom is 0.325 e. The van der Waals surface area contributed by atoms with Gasteiger partial charge >= 0.3 is 5.97 Å². The maximum atomic E-state index is 14.2. The van der Waals surface area contributed by atoms with Gasteiger partial charge < -0.3 is 14.9 Å². The zero-order chi connectivity index (χ0) is 28.2. The molecule has 202 valence electrons. The van der Waals surface area contributed by atoms with Crippen molar-refractivity contribution in [3.63, 3.8) is 0 Å². The second-order valence-electron chi connectivity index (χ2n) is 10.4. The highest BCUT2D eigenvalue weighted by atomic mass is 16.5. The first-order valence-electron chi connectivity index (χ1n) is 13.0. The van der Waals surface area contributed by atoms with E-state index in [1.54, 1.807) is 37.4 Å². The molecule has 4 aromatic rings. The fraction of sp³-hybridized carbons (Fsp3) is 0.219. The van der Waals surface area contributed by atoms with E-state index in [-0.39, 0.29) is 12.2 Å². The lowest BCUT2D eigenvalue weighted by Gasteiger charge is -2.32. The van der Waals surface area contributed by atoms with Crippen molar-refractivity contribution in [2.24, 2.45) is 11.8 Å². The molecule has 2 aliphatic rings. The molecular formula is C32H28N2O6. The number of hydrogen-bond donors (Lipinski definition) is 3. The van der Waals surface area contributed by atoms with Crippen LogP contribution in [0.1, 0.15) is 22.7 Å². The van der Waals surface area contributed by atoms with Gasteiger partial charge in [-0.2, -0.15) is 0 Å². The van der Waals surface area contributed by atoms with Crippen LogP contribution in [0.3, 0.4) is 0 Å². The molecule has 6 rings (SSSR count). The summed E-state index contributed by atoms with van der Waals surface area (Å²) in [5, 5.41) is 25.5. The lowest BCUT2D eigenvalue weighted by Crippen LogP contribution is -2.57. The van der Waals surface area contributed by atoms with Crippen molar-refractivity contribution < 1.29 is 29.3 Å². The predicted octanol–water partition coefficient (Wildman–Crippen LogP) is 4.38. The van der Waals surface area contributed by atoms with Crippen molar-refractivity contribution in [3.05, 3.63) is 102 Å². The third-order valence-corrected chi connectivity index (χ3v) is 8.28. The second kappa shape index (κ2) is 9.50. The molecule has 0 aromatic heterocycles. The number of hydrogen-bond acceptors (Lipinski definition) is 6. The molecule has 0 spiro atoms. The number of phenolic OH excluding ortho intramolecular Hbond substituents is 1. The van der Waals surface area contributed by atoms with Gasteiger partial charge in [0, 0.05) is 17.8 Å². The van der Waals surface area contributed by atoms with Gasteiger partial charge in [0.15, 0.2) is 0 Å². The number of fused-ring (bicyclic) bond motifs is 2. The highest BCUT2D eigenvalue weighted by Crippen LogP contribution is 2.52.